The number of benzene rings is 2. The number of fused-ring (bicyclic) bond motifs is 1. The van der Waals surface area contributed by atoms with E-state index in [4.69, 9.17) is 4.98 Å². The lowest BCUT2D eigenvalue weighted by Crippen LogP contribution is -2.55. The van der Waals surface area contributed by atoms with Gasteiger partial charge in [0.15, 0.2) is 0 Å². The molecule has 2 heterocycles. The molecule has 32 heavy (non-hydrogen) atoms. The second-order valence-electron chi connectivity index (χ2n) is 10.3. The largest absolute Gasteiger partial charge is 0.385 e. The highest BCUT2D eigenvalue weighted by Crippen LogP contribution is 2.69. The molecule has 0 saturated heterocycles. The maximum Gasteiger partial charge on any atom is 0.0960 e. The fourth-order valence-electron chi connectivity index (χ4n) is 6.42. The summed E-state index contributed by atoms with van der Waals surface area (Å²) in [6.45, 7) is 6.70. The topological polar surface area (TPSA) is 46.0 Å². The maximum atomic E-state index is 12.3. The van der Waals surface area contributed by atoms with Crippen molar-refractivity contribution in [2.24, 2.45) is 11.3 Å². The molecule has 3 aliphatic rings. The molecule has 1 N–H and O–H groups in total. The Labute approximate surface area is 189 Å². The fourth-order valence-corrected chi connectivity index (χ4v) is 6.42. The van der Waals surface area contributed by atoms with Gasteiger partial charge in [-0.25, -0.2) is 0 Å². The van der Waals surface area contributed by atoms with Gasteiger partial charge in [0.2, 0.25) is 0 Å². The van der Waals surface area contributed by atoms with Crippen LogP contribution in [0.25, 0.3) is 22.2 Å². The molecule has 0 spiro atoms. The van der Waals surface area contributed by atoms with Crippen molar-refractivity contribution in [2.75, 3.05) is 0 Å². The van der Waals surface area contributed by atoms with Crippen LogP contribution >= 0.6 is 0 Å². The van der Waals surface area contributed by atoms with Gasteiger partial charge in [-0.3, -0.25) is 9.97 Å². The summed E-state index contributed by atoms with van der Waals surface area (Å²) in [6.07, 6.45) is 2.91. The Morgan fingerprint density at radius 1 is 0.906 bits per heavy atom. The van der Waals surface area contributed by atoms with Crippen LogP contribution in [0, 0.1) is 11.3 Å². The van der Waals surface area contributed by atoms with Crippen LogP contribution in [-0.2, 0) is 5.60 Å². The quantitative estimate of drug-likeness (QED) is 0.415. The fraction of sp³-hybridized carbons (Fsp3) is 0.310. The number of hydrogen-bond donors (Lipinski definition) is 1. The molecule has 0 aliphatic heterocycles. The molecule has 1 fully saturated rings. The molecule has 3 nitrogen and oxygen atoms in total. The average molecular weight is 421 g/mol. The predicted molar refractivity (Wildman–Crippen MR) is 128 cm³/mol. The van der Waals surface area contributed by atoms with Crippen molar-refractivity contribution >= 4 is 10.8 Å². The van der Waals surface area contributed by atoms with Crippen LogP contribution in [0.15, 0.2) is 79.0 Å². The van der Waals surface area contributed by atoms with Crippen molar-refractivity contribution in [3.8, 4) is 11.4 Å². The van der Waals surface area contributed by atoms with E-state index in [2.05, 4.69) is 73.4 Å². The van der Waals surface area contributed by atoms with Crippen molar-refractivity contribution in [2.45, 2.75) is 44.6 Å². The highest BCUT2D eigenvalue weighted by Gasteiger charge is 2.61. The molecule has 0 amide bonds. The van der Waals surface area contributed by atoms with Crippen LogP contribution in [0.5, 0.6) is 0 Å². The van der Waals surface area contributed by atoms with E-state index < -0.39 is 5.60 Å². The normalized spacial score (nSPS) is 24.9. The van der Waals surface area contributed by atoms with Gasteiger partial charge in [-0.05, 0) is 70.7 Å². The van der Waals surface area contributed by atoms with Gasteiger partial charge in [0, 0.05) is 12.1 Å². The Kier molecular flexibility index (Phi) is 4.13. The summed E-state index contributed by atoms with van der Waals surface area (Å²) in [4.78, 5) is 9.68. The minimum atomic E-state index is -1.04. The van der Waals surface area contributed by atoms with E-state index in [1.165, 1.54) is 5.56 Å². The minimum Gasteiger partial charge on any atom is -0.385 e. The molecule has 7 rings (SSSR count). The number of aromatic nitrogens is 2. The lowest BCUT2D eigenvalue weighted by Gasteiger charge is -2.62. The Morgan fingerprint density at radius 2 is 1.69 bits per heavy atom. The summed E-state index contributed by atoms with van der Waals surface area (Å²) in [5.74, 6) is 0.791. The number of hydrogen-bond acceptors (Lipinski definition) is 3. The first-order chi connectivity index (χ1) is 15.4. The number of nitrogens with zero attached hydrogens (tertiary/aromatic N) is 2. The third-order valence-electron chi connectivity index (χ3n) is 8.24. The molecule has 3 heteroatoms. The summed E-state index contributed by atoms with van der Waals surface area (Å²) >= 11 is 0. The van der Waals surface area contributed by atoms with Crippen LogP contribution < -0.4 is 0 Å². The Hall–Kier alpha value is -3.04. The number of pyridine rings is 2. The summed E-state index contributed by atoms with van der Waals surface area (Å²) in [7, 11) is 0. The van der Waals surface area contributed by atoms with Gasteiger partial charge in [-0.1, -0.05) is 68.4 Å². The van der Waals surface area contributed by atoms with Crippen LogP contribution in [0.1, 0.15) is 55.8 Å². The van der Waals surface area contributed by atoms with E-state index in [1.807, 2.05) is 25.1 Å². The van der Waals surface area contributed by atoms with E-state index in [1.54, 1.807) is 6.20 Å². The molecular weight excluding hydrogens is 392 g/mol. The standard InChI is InChI=1S/C29H28N2O/c1-28(2)22-17-23(28)26(27-20(22)14-15-25(31-27)24-13-6-7-16-30-24)29(3,32)21-12-8-10-18-9-4-5-11-19(18)21/h4-16,22-23,26,32H,17H2,1-3H3/t22-,23+,26-,29+/m0/s1. The lowest BCUT2D eigenvalue weighted by molar-refractivity contribution is -0.0900. The highest BCUT2D eigenvalue weighted by atomic mass is 16.3. The Bertz CT molecular complexity index is 1320. The van der Waals surface area contributed by atoms with Gasteiger partial charge in [0.1, 0.15) is 0 Å². The van der Waals surface area contributed by atoms with Gasteiger partial charge in [0.25, 0.3) is 0 Å². The van der Waals surface area contributed by atoms with E-state index in [-0.39, 0.29) is 11.3 Å². The first-order valence-corrected chi connectivity index (χ1v) is 11.5. The predicted octanol–water partition coefficient (Wildman–Crippen LogP) is 6.43. The Morgan fingerprint density at radius 3 is 2.47 bits per heavy atom. The molecule has 4 atom stereocenters. The molecular formula is C29H28N2O. The zero-order valence-electron chi connectivity index (χ0n) is 18.8. The summed E-state index contributed by atoms with van der Waals surface area (Å²) < 4.78 is 0. The smallest absolute Gasteiger partial charge is 0.0960 e. The van der Waals surface area contributed by atoms with Gasteiger partial charge in [-0.15, -0.1) is 0 Å². The summed E-state index contributed by atoms with van der Waals surface area (Å²) in [6, 6.07) is 24.9. The van der Waals surface area contributed by atoms with Crippen molar-refractivity contribution < 1.29 is 5.11 Å². The third-order valence-corrected chi connectivity index (χ3v) is 8.24. The van der Waals surface area contributed by atoms with Gasteiger partial charge in [0.05, 0.1) is 22.7 Å². The zero-order valence-corrected chi connectivity index (χ0v) is 18.8. The molecule has 0 unspecified atom stereocenters. The van der Waals surface area contributed by atoms with Crippen LogP contribution in [-0.4, -0.2) is 15.1 Å². The number of rotatable bonds is 3. The van der Waals surface area contributed by atoms with Crippen LogP contribution in [0.2, 0.25) is 0 Å². The van der Waals surface area contributed by atoms with Crippen LogP contribution in [0.4, 0.5) is 0 Å². The van der Waals surface area contributed by atoms with Crippen molar-refractivity contribution in [1.29, 1.82) is 0 Å². The van der Waals surface area contributed by atoms with E-state index in [0.29, 0.717) is 11.8 Å². The van der Waals surface area contributed by atoms with E-state index in [0.717, 1.165) is 39.8 Å². The average Bonchev–Trinajstić information content (AvgIpc) is 2.82. The monoisotopic (exact) mass is 420 g/mol. The zero-order chi connectivity index (χ0) is 22.1. The summed E-state index contributed by atoms with van der Waals surface area (Å²) in [5.41, 5.74) is 4.17. The molecule has 3 aliphatic carbocycles. The lowest BCUT2D eigenvalue weighted by atomic mass is 9.42. The number of aliphatic hydroxyl groups is 1. The third kappa shape index (κ3) is 2.64. The second-order valence-corrected chi connectivity index (χ2v) is 10.3. The highest BCUT2D eigenvalue weighted by molar-refractivity contribution is 5.86. The van der Waals surface area contributed by atoms with Gasteiger partial charge >= 0.3 is 0 Å². The molecule has 160 valence electrons. The first kappa shape index (κ1) is 19.6. The second kappa shape index (κ2) is 6.73. The van der Waals surface area contributed by atoms with Gasteiger partial charge < -0.3 is 5.11 Å². The molecule has 4 aromatic rings. The molecule has 0 radical (unpaired) electrons. The maximum absolute atomic E-state index is 12.3. The van der Waals surface area contributed by atoms with Crippen molar-refractivity contribution in [1.82, 2.24) is 9.97 Å². The molecule has 2 aromatic heterocycles. The first-order valence-electron chi connectivity index (χ1n) is 11.5. The van der Waals surface area contributed by atoms with Crippen LogP contribution in [0.3, 0.4) is 0 Å². The van der Waals surface area contributed by atoms with Gasteiger partial charge in [-0.2, -0.15) is 0 Å². The summed E-state index contributed by atoms with van der Waals surface area (Å²) in [5, 5.41) is 14.6. The van der Waals surface area contributed by atoms with E-state index in [9.17, 15) is 5.11 Å². The molecule has 1 saturated carbocycles. The van der Waals surface area contributed by atoms with Crippen molar-refractivity contribution in [3.63, 3.8) is 0 Å². The van der Waals surface area contributed by atoms with Crippen molar-refractivity contribution in [3.05, 3.63) is 95.8 Å². The molecule has 2 bridgehead atoms. The SMILES string of the molecule is CC1(C)[C@@H]2C[C@H]1c1ccc(-c3ccccn3)nc1[C@H]2[C@](C)(O)c1cccc2ccccc12. The van der Waals surface area contributed by atoms with E-state index >= 15 is 0 Å². The molecule has 2 aromatic carbocycles. The Balaban J connectivity index is 1.56. The minimum absolute atomic E-state index is 0.0769.